The fourth-order valence-corrected chi connectivity index (χ4v) is 2.90. The number of benzene rings is 3. The predicted molar refractivity (Wildman–Crippen MR) is 128 cm³/mol. The number of amides is 2. The molecule has 8 nitrogen and oxygen atoms in total. The van der Waals surface area contributed by atoms with Gasteiger partial charge in [0.15, 0.2) is 11.5 Å². The van der Waals surface area contributed by atoms with Gasteiger partial charge in [0, 0.05) is 10.2 Å². The third kappa shape index (κ3) is 6.75. The van der Waals surface area contributed by atoms with Gasteiger partial charge in [-0.25, -0.2) is 10.2 Å². The minimum absolute atomic E-state index is 0.234. The molecule has 0 aliphatic heterocycles. The Bertz CT molecular complexity index is 1190. The molecule has 0 radical (unpaired) electrons. The van der Waals surface area contributed by atoms with E-state index in [1.165, 1.54) is 13.3 Å². The van der Waals surface area contributed by atoms with Crippen molar-refractivity contribution in [2.24, 2.45) is 5.10 Å². The minimum atomic E-state index is -0.926. The summed E-state index contributed by atoms with van der Waals surface area (Å²) in [7, 11) is 1.44. The van der Waals surface area contributed by atoms with Crippen molar-refractivity contribution in [3.63, 3.8) is 0 Å². The summed E-state index contributed by atoms with van der Waals surface area (Å²) >= 11 is 3.29. The smallest absolute Gasteiger partial charge is 0.343 e. The van der Waals surface area contributed by atoms with Gasteiger partial charge < -0.3 is 14.8 Å². The van der Waals surface area contributed by atoms with E-state index < -0.39 is 17.8 Å². The highest BCUT2D eigenvalue weighted by molar-refractivity contribution is 9.10. The van der Waals surface area contributed by atoms with Gasteiger partial charge in [0.2, 0.25) is 0 Å². The van der Waals surface area contributed by atoms with Gasteiger partial charge in [0.1, 0.15) is 0 Å². The number of anilines is 1. The number of hydrogen-bond acceptors (Lipinski definition) is 6. The van der Waals surface area contributed by atoms with E-state index in [4.69, 9.17) is 9.47 Å². The topological polar surface area (TPSA) is 106 Å². The van der Waals surface area contributed by atoms with Crippen LogP contribution < -0.4 is 20.2 Å². The van der Waals surface area contributed by atoms with Crippen molar-refractivity contribution >= 4 is 45.6 Å². The molecule has 0 aromatic heterocycles. The van der Waals surface area contributed by atoms with E-state index in [1.54, 1.807) is 54.6 Å². The van der Waals surface area contributed by atoms with Crippen molar-refractivity contribution in [2.45, 2.75) is 6.92 Å². The molecule has 0 fully saturated rings. The third-order valence-corrected chi connectivity index (χ3v) is 4.89. The van der Waals surface area contributed by atoms with E-state index >= 15 is 0 Å². The Morgan fingerprint density at radius 1 is 0.909 bits per heavy atom. The van der Waals surface area contributed by atoms with Crippen LogP contribution in [0.4, 0.5) is 5.69 Å². The lowest BCUT2D eigenvalue weighted by Crippen LogP contribution is -2.32. The Balaban J connectivity index is 1.59. The van der Waals surface area contributed by atoms with Gasteiger partial charge in [0.25, 0.3) is 0 Å². The van der Waals surface area contributed by atoms with Crippen LogP contribution in [0.25, 0.3) is 0 Å². The van der Waals surface area contributed by atoms with Gasteiger partial charge in [-0.05, 0) is 67.1 Å². The third-order valence-electron chi connectivity index (χ3n) is 4.37. The number of nitrogens with one attached hydrogen (secondary N) is 2. The molecule has 168 valence electrons. The average Bonchev–Trinajstić information content (AvgIpc) is 2.81. The maximum absolute atomic E-state index is 12.3. The summed E-state index contributed by atoms with van der Waals surface area (Å²) in [6.45, 7) is 1.93. The Morgan fingerprint density at radius 2 is 1.61 bits per heavy atom. The molecule has 0 unspecified atom stereocenters. The molecule has 0 heterocycles. The number of carbonyl (C=O) groups is 3. The van der Waals surface area contributed by atoms with Crippen LogP contribution in [-0.4, -0.2) is 31.1 Å². The number of ether oxygens (including phenoxy) is 2. The van der Waals surface area contributed by atoms with E-state index in [0.717, 1.165) is 10.0 Å². The largest absolute Gasteiger partial charge is 0.493 e. The number of nitrogens with zero attached hydrogens (tertiary/aromatic N) is 1. The number of halogens is 1. The fraction of sp³-hybridized carbons (Fsp3) is 0.0833. The number of esters is 1. The van der Waals surface area contributed by atoms with E-state index in [9.17, 15) is 14.4 Å². The highest BCUT2D eigenvalue weighted by Crippen LogP contribution is 2.28. The molecule has 0 aliphatic rings. The Labute approximate surface area is 198 Å². The number of rotatable bonds is 6. The number of carbonyl (C=O) groups excluding carboxylic acids is 3. The predicted octanol–water partition coefficient (Wildman–Crippen LogP) is 4.07. The first-order valence-corrected chi connectivity index (χ1v) is 10.5. The Morgan fingerprint density at radius 3 is 2.27 bits per heavy atom. The molecule has 0 saturated carbocycles. The van der Waals surface area contributed by atoms with Crippen LogP contribution in [0.5, 0.6) is 11.5 Å². The van der Waals surface area contributed by atoms with Crippen LogP contribution >= 0.6 is 15.9 Å². The molecule has 0 spiro atoms. The van der Waals surface area contributed by atoms with Crippen molar-refractivity contribution in [3.8, 4) is 11.5 Å². The lowest BCUT2D eigenvalue weighted by Gasteiger charge is -2.10. The normalized spacial score (nSPS) is 10.5. The molecule has 2 N–H and O–H groups in total. The maximum atomic E-state index is 12.3. The fourth-order valence-electron chi connectivity index (χ4n) is 2.63. The van der Waals surface area contributed by atoms with Crippen LogP contribution in [0.1, 0.15) is 21.5 Å². The van der Waals surface area contributed by atoms with Crippen LogP contribution in [0, 0.1) is 6.92 Å². The SMILES string of the molecule is COc1cc(C=NNC(=O)C(=O)Nc2ccc(Br)cc2)ccc1OC(=O)c1ccc(C)cc1. The van der Waals surface area contributed by atoms with Gasteiger partial charge in [-0.3, -0.25) is 9.59 Å². The number of methoxy groups -OCH3 is 1. The number of aryl methyl sites for hydroxylation is 1. The van der Waals surface area contributed by atoms with Gasteiger partial charge in [-0.2, -0.15) is 5.10 Å². The first kappa shape index (κ1) is 23.7. The van der Waals surface area contributed by atoms with Crippen LogP contribution in [-0.2, 0) is 9.59 Å². The van der Waals surface area contributed by atoms with E-state index in [1.807, 2.05) is 19.1 Å². The summed E-state index contributed by atoms with van der Waals surface area (Å²) in [5.74, 6) is -1.76. The van der Waals surface area contributed by atoms with Gasteiger partial charge in [-0.1, -0.05) is 33.6 Å². The highest BCUT2D eigenvalue weighted by Gasteiger charge is 2.14. The summed E-state index contributed by atoms with van der Waals surface area (Å²) in [5.41, 5.74) is 4.63. The van der Waals surface area contributed by atoms with Gasteiger partial charge in [-0.15, -0.1) is 0 Å². The number of hydrogen-bond donors (Lipinski definition) is 2. The highest BCUT2D eigenvalue weighted by atomic mass is 79.9. The standard InChI is InChI=1S/C24H20BrN3O5/c1-15-3-6-17(7-4-15)24(31)33-20-12-5-16(13-21(20)32-2)14-26-28-23(30)22(29)27-19-10-8-18(25)9-11-19/h3-14H,1-2H3,(H,27,29)(H,28,30). The van der Waals surface area contributed by atoms with Gasteiger partial charge in [0.05, 0.1) is 18.9 Å². The van der Waals surface area contributed by atoms with E-state index in [0.29, 0.717) is 22.6 Å². The van der Waals surface area contributed by atoms with Crippen molar-refractivity contribution in [2.75, 3.05) is 12.4 Å². The van der Waals surface area contributed by atoms with Crippen molar-refractivity contribution in [1.82, 2.24) is 5.43 Å². The second-order valence-corrected chi connectivity index (χ2v) is 7.74. The molecular formula is C24H20BrN3O5. The first-order valence-electron chi connectivity index (χ1n) is 9.72. The molecule has 0 bridgehead atoms. The Kier molecular flexibility index (Phi) is 7.93. The molecule has 0 aliphatic carbocycles. The van der Waals surface area contributed by atoms with E-state index in [2.05, 4.69) is 31.8 Å². The summed E-state index contributed by atoms with van der Waals surface area (Å²) in [5, 5.41) is 6.25. The monoisotopic (exact) mass is 509 g/mol. The second kappa shape index (κ2) is 11.1. The summed E-state index contributed by atoms with van der Waals surface area (Å²) in [6, 6.07) is 18.5. The molecule has 33 heavy (non-hydrogen) atoms. The summed E-state index contributed by atoms with van der Waals surface area (Å²) in [4.78, 5) is 36.2. The Hall–Kier alpha value is -3.98. The van der Waals surface area contributed by atoms with Crippen molar-refractivity contribution in [1.29, 1.82) is 0 Å². The lowest BCUT2D eigenvalue weighted by molar-refractivity contribution is -0.136. The summed E-state index contributed by atoms with van der Waals surface area (Å²) < 4.78 is 11.6. The molecular weight excluding hydrogens is 490 g/mol. The molecule has 3 aromatic carbocycles. The molecule has 9 heteroatoms. The van der Waals surface area contributed by atoms with Crippen LogP contribution in [0.3, 0.4) is 0 Å². The molecule has 0 atom stereocenters. The zero-order valence-corrected chi connectivity index (χ0v) is 19.4. The zero-order chi connectivity index (χ0) is 23.8. The molecule has 2 amide bonds. The van der Waals surface area contributed by atoms with Gasteiger partial charge >= 0.3 is 17.8 Å². The average molecular weight is 510 g/mol. The summed E-state index contributed by atoms with van der Waals surface area (Å²) in [6.07, 6.45) is 1.33. The maximum Gasteiger partial charge on any atom is 0.343 e. The molecule has 3 rings (SSSR count). The minimum Gasteiger partial charge on any atom is -0.493 e. The first-order chi connectivity index (χ1) is 15.9. The van der Waals surface area contributed by atoms with Crippen molar-refractivity contribution in [3.05, 3.63) is 87.9 Å². The van der Waals surface area contributed by atoms with Crippen LogP contribution in [0.2, 0.25) is 0 Å². The number of hydrazone groups is 1. The lowest BCUT2D eigenvalue weighted by atomic mass is 10.1. The zero-order valence-electron chi connectivity index (χ0n) is 17.8. The van der Waals surface area contributed by atoms with E-state index in [-0.39, 0.29) is 5.75 Å². The second-order valence-electron chi connectivity index (χ2n) is 6.83. The molecule has 3 aromatic rings. The molecule has 0 saturated heterocycles. The van der Waals surface area contributed by atoms with Crippen LogP contribution in [0.15, 0.2) is 76.3 Å². The van der Waals surface area contributed by atoms with Crippen molar-refractivity contribution < 1.29 is 23.9 Å². The quantitative estimate of drug-likeness (QED) is 0.171.